The highest BCUT2D eigenvalue weighted by Crippen LogP contribution is 2.27. The Morgan fingerprint density at radius 1 is 1.12 bits per heavy atom. The molecule has 1 aliphatic heterocycles. The minimum Gasteiger partial charge on any atom is -0.497 e. The van der Waals surface area contributed by atoms with Crippen LogP contribution in [0.5, 0.6) is 5.75 Å². The first-order valence-corrected chi connectivity index (χ1v) is 9.73. The molecule has 0 atom stereocenters. The average molecular weight is 370 g/mol. The summed E-state index contributed by atoms with van der Waals surface area (Å²) in [5.74, 6) is 1.22. The monoisotopic (exact) mass is 370 g/mol. The number of anilines is 2. The SMILES string of the molecule is COc1ccc(NC(=O)CSCC(=O)N2CCCc3ccccc32)cc1. The summed E-state index contributed by atoms with van der Waals surface area (Å²) in [6, 6.07) is 15.2. The number of carbonyl (C=O) groups is 2. The molecule has 0 unspecified atom stereocenters. The summed E-state index contributed by atoms with van der Waals surface area (Å²) in [4.78, 5) is 26.4. The van der Waals surface area contributed by atoms with E-state index in [1.807, 2.05) is 23.1 Å². The minimum atomic E-state index is -0.119. The molecule has 26 heavy (non-hydrogen) atoms. The van der Waals surface area contributed by atoms with Crippen LogP contribution in [0.25, 0.3) is 0 Å². The van der Waals surface area contributed by atoms with Crippen molar-refractivity contribution in [1.82, 2.24) is 0 Å². The molecule has 0 bridgehead atoms. The standard InChI is InChI=1S/C20H22N2O3S/c1-25-17-10-8-16(9-11-17)21-19(23)13-26-14-20(24)22-12-4-6-15-5-2-3-7-18(15)22/h2-3,5,7-11H,4,6,12-14H2,1H3,(H,21,23). The van der Waals surface area contributed by atoms with Gasteiger partial charge in [-0.3, -0.25) is 9.59 Å². The highest BCUT2D eigenvalue weighted by atomic mass is 32.2. The number of nitrogens with zero attached hydrogens (tertiary/aromatic N) is 1. The molecule has 1 N–H and O–H groups in total. The van der Waals surface area contributed by atoms with Gasteiger partial charge in [0, 0.05) is 17.9 Å². The van der Waals surface area contributed by atoms with Gasteiger partial charge in [-0.25, -0.2) is 0 Å². The van der Waals surface area contributed by atoms with E-state index < -0.39 is 0 Å². The van der Waals surface area contributed by atoms with Gasteiger partial charge in [0.15, 0.2) is 0 Å². The van der Waals surface area contributed by atoms with Crippen molar-refractivity contribution in [2.45, 2.75) is 12.8 Å². The number of para-hydroxylation sites is 1. The lowest BCUT2D eigenvalue weighted by Crippen LogP contribution is -2.36. The molecule has 6 heteroatoms. The lowest BCUT2D eigenvalue weighted by atomic mass is 10.0. The lowest BCUT2D eigenvalue weighted by molar-refractivity contribution is -0.116. The van der Waals surface area contributed by atoms with Crippen LogP contribution in [0.15, 0.2) is 48.5 Å². The number of thioether (sulfide) groups is 1. The Morgan fingerprint density at radius 2 is 1.88 bits per heavy atom. The molecule has 0 aromatic heterocycles. The number of hydrogen-bond donors (Lipinski definition) is 1. The van der Waals surface area contributed by atoms with Crippen LogP contribution in [0.2, 0.25) is 0 Å². The maximum Gasteiger partial charge on any atom is 0.236 e. The predicted octanol–water partition coefficient (Wildman–Crippen LogP) is 3.35. The van der Waals surface area contributed by atoms with Crippen molar-refractivity contribution in [1.29, 1.82) is 0 Å². The van der Waals surface area contributed by atoms with Crippen LogP contribution in [0.1, 0.15) is 12.0 Å². The number of benzene rings is 2. The second kappa shape index (κ2) is 8.76. The highest BCUT2D eigenvalue weighted by molar-refractivity contribution is 8.00. The molecule has 2 aromatic rings. The largest absolute Gasteiger partial charge is 0.497 e. The quantitative estimate of drug-likeness (QED) is 0.847. The third-order valence-electron chi connectivity index (χ3n) is 4.24. The van der Waals surface area contributed by atoms with Crippen LogP contribution < -0.4 is 15.0 Å². The summed E-state index contributed by atoms with van der Waals surface area (Å²) in [5.41, 5.74) is 2.94. The summed E-state index contributed by atoms with van der Waals surface area (Å²) >= 11 is 1.34. The average Bonchev–Trinajstić information content (AvgIpc) is 2.68. The van der Waals surface area contributed by atoms with Gasteiger partial charge in [-0.1, -0.05) is 18.2 Å². The Morgan fingerprint density at radius 3 is 2.65 bits per heavy atom. The molecule has 5 nitrogen and oxygen atoms in total. The van der Waals surface area contributed by atoms with E-state index in [9.17, 15) is 9.59 Å². The van der Waals surface area contributed by atoms with Gasteiger partial charge in [0.2, 0.25) is 11.8 Å². The van der Waals surface area contributed by atoms with E-state index in [0.29, 0.717) is 11.4 Å². The molecule has 0 saturated heterocycles. The van der Waals surface area contributed by atoms with Gasteiger partial charge in [-0.15, -0.1) is 11.8 Å². The van der Waals surface area contributed by atoms with E-state index in [1.54, 1.807) is 31.4 Å². The van der Waals surface area contributed by atoms with Crippen molar-refractivity contribution in [2.24, 2.45) is 0 Å². The zero-order chi connectivity index (χ0) is 18.4. The molecular weight excluding hydrogens is 348 g/mol. The number of nitrogens with one attached hydrogen (secondary N) is 1. The maximum absolute atomic E-state index is 12.5. The van der Waals surface area contributed by atoms with E-state index in [2.05, 4.69) is 11.4 Å². The van der Waals surface area contributed by atoms with Gasteiger partial charge in [0.05, 0.1) is 18.6 Å². The van der Waals surface area contributed by atoms with E-state index >= 15 is 0 Å². The molecule has 1 heterocycles. The van der Waals surface area contributed by atoms with E-state index in [4.69, 9.17) is 4.74 Å². The number of rotatable bonds is 6. The molecule has 2 aromatic carbocycles. The zero-order valence-electron chi connectivity index (χ0n) is 14.7. The molecule has 136 valence electrons. The second-order valence-electron chi connectivity index (χ2n) is 6.05. The Kier molecular flexibility index (Phi) is 6.17. The third kappa shape index (κ3) is 4.58. The van der Waals surface area contributed by atoms with E-state index in [0.717, 1.165) is 30.8 Å². The Hall–Kier alpha value is -2.47. The van der Waals surface area contributed by atoms with Gasteiger partial charge in [-0.2, -0.15) is 0 Å². The summed E-state index contributed by atoms with van der Waals surface area (Å²) in [6.07, 6.45) is 1.99. The summed E-state index contributed by atoms with van der Waals surface area (Å²) < 4.78 is 5.09. The number of hydrogen-bond acceptors (Lipinski definition) is 4. The van der Waals surface area contributed by atoms with Gasteiger partial charge in [-0.05, 0) is 48.7 Å². The predicted molar refractivity (Wildman–Crippen MR) is 106 cm³/mol. The molecule has 3 rings (SSSR count). The van der Waals surface area contributed by atoms with Crippen LogP contribution in [0.3, 0.4) is 0 Å². The number of carbonyl (C=O) groups excluding carboxylic acids is 2. The fourth-order valence-electron chi connectivity index (χ4n) is 2.97. The van der Waals surface area contributed by atoms with Crippen LogP contribution in [-0.2, 0) is 16.0 Å². The number of fused-ring (bicyclic) bond motifs is 1. The first kappa shape index (κ1) is 18.3. The van der Waals surface area contributed by atoms with Crippen molar-refractivity contribution in [3.63, 3.8) is 0 Å². The summed E-state index contributed by atoms with van der Waals surface area (Å²) in [6.45, 7) is 0.744. The van der Waals surface area contributed by atoms with Crippen molar-refractivity contribution in [3.05, 3.63) is 54.1 Å². The normalized spacial score (nSPS) is 13.0. The highest BCUT2D eigenvalue weighted by Gasteiger charge is 2.22. The molecule has 0 saturated carbocycles. The molecular formula is C20H22N2O3S. The zero-order valence-corrected chi connectivity index (χ0v) is 15.6. The summed E-state index contributed by atoms with van der Waals surface area (Å²) in [7, 11) is 1.60. The van der Waals surface area contributed by atoms with Crippen molar-refractivity contribution in [3.8, 4) is 5.75 Å². The van der Waals surface area contributed by atoms with E-state index in [-0.39, 0.29) is 17.6 Å². The molecule has 2 amide bonds. The first-order valence-electron chi connectivity index (χ1n) is 8.57. The van der Waals surface area contributed by atoms with Crippen LogP contribution in [-0.4, -0.2) is 37.0 Å². The van der Waals surface area contributed by atoms with Gasteiger partial charge in [0.1, 0.15) is 5.75 Å². The topological polar surface area (TPSA) is 58.6 Å². The van der Waals surface area contributed by atoms with Gasteiger partial charge >= 0.3 is 0 Å². The Bertz CT molecular complexity index is 777. The van der Waals surface area contributed by atoms with Gasteiger partial charge in [0.25, 0.3) is 0 Å². The van der Waals surface area contributed by atoms with Crippen molar-refractivity contribution in [2.75, 3.05) is 35.4 Å². The fourth-order valence-corrected chi connectivity index (χ4v) is 3.66. The van der Waals surface area contributed by atoms with Gasteiger partial charge < -0.3 is 15.0 Å². The van der Waals surface area contributed by atoms with Crippen LogP contribution >= 0.6 is 11.8 Å². The van der Waals surface area contributed by atoms with Crippen LogP contribution in [0.4, 0.5) is 11.4 Å². The number of aryl methyl sites for hydroxylation is 1. The maximum atomic E-state index is 12.5. The second-order valence-corrected chi connectivity index (χ2v) is 7.03. The Balaban J connectivity index is 1.47. The molecule has 0 spiro atoms. The fraction of sp³-hybridized carbons (Fsp3) is 0.300. The Labute approximate surface area is 157 Å². The molecule has 0 radical (unpaired) electrons. The minimum absolute atomic E-state index is 0.0550. The van der Waals surface area contributed by atoms with Crippen LogP contribution in [0, 0.1) is 0 Å². The van der Waals surface area contributed by atoms with Crippen molar-refractivity contribution < 1.29 is 14.3 Å². The molecule has 1 aliphatic rings. The third-order valence-corrected chi connectivity index (χ3v) is 5.16. The number of ether oxygens (including phenoxy) is 1. The number of methoxy groups -OCH3 is 1. The number of amides is 2. The molecule has 0 aliphatic carbocycles. The van der Waals surface area contributed by atoms with Crippen molar-refractivity contribution >= 4 is 35.0 Å². The van der Waals surface area contributed by atoms with E-state index in [1.165, 1.54) is 17.3 Å². The first-order chi connectivity index (χ1) is 12.7. The summed E-state index contributed by atoms with van der Waals surface area (Å²) in [5, 5.41) is 2.82. The molecule has 0 fully saturated rings. The smallest absolute Gasteiger partial charge is 0.236 e. The lowest BCUT2D eigenvalue weighted by Gasteiger charge is -2.29.